The van der Waals surface area contributed by atoms with Gasteiger partial charge in [-0.3, -0.25) is 9.59 Å². The molecule has 2 rings (SSSR count). The molecule has 0 bridgehead atoms. The summed E-state index contributed by atoms with van der Waals surface area (Å²) in [5.74, 6) is -0.0503. The van der Waals surface area contributed by atoms with Crippen LogP contribution in [-0.4, -0.2) is 62.1 Å². The molecule has 0 radical (unpaired) electrons. The molecule has 0 aromatic heterocycles. The lowest BCUT2D eigenvalue weighted by Gasteiger charge is -2.29. The molecule has 0 aromatic rings. The van der Waals surface area contributed by atoms with Crippen molar-refractivity contribution in [3.8, 4) is 0 Å². The zero-order valence-electron chi connectivity index (χ0n) is 9.61. The number of piperazine rings is 1. The van der Waals surface area contributed by atoms with Crippen LogP contribution in [0.2, 0.25) is 0 Å². The number of nitrogens with one attached hydrogen (secondary N) is 2. The van der Waals surface area contributed by atoms with Gasteiger partial charge in [0.1, 0.15) is 0 Å². The number of carbonyl (C=O) groups excluding carboxylic acids is 2. The van der Waals surface area contributed by atoms with Gasteiger partial charge in [0.15, 0.2) is 0 Å². The van der Waals surface area contributed by atoms with Crippen LogP contribution in [0.5, 0.6) is 0 Å². The Balaban J connectivity index is 0.00000144. The van der Waals surface area contributed by atoms with Crippen molar-refractivity contribution in [2.45, 2.75) is 12.5 Å². The SMILES string of the molecule is Cl.O=C1NCCNC1CC(=O)N1CCOCC1. The Bertz CT molecular complexity index is 282. The van der Waals surface area contributed by atoms with Crippen LogP contribution in [0.3, 0.4) is 0 Å². The van der Waals surface area contributed by atoms with Crippen molar-refractivity contribution in [1.29, 1.82) is 0 Å². The van der Waals surface area contributed by atoms with Gasteiger partial charge in [0.2, 0.25) is 11.8 Å². The third-order valence-electron chi connectivity index (χ3n) is 2.87. The first kappa shape index (κ1) is 14.2. The van der Waals surface area contributed by atoms with Gasteiger partial charge in [-0.25, -0.2) is 0 Å². The molecule has 2 N–H and O–H groups in total. The first-order valence-corrected chi connectivity index (χ1v) is 5.64. The van der Waals surface area contributed by atoms with E-state index >= 15 is 0 Å². The third-order valence-corrected chi connectivity index (χ3v) is 2.87. The fraction of sp³-hybridized carbons (Fsp3) is 0.800. The number of halogens is 1. The van der Waals surface area contributed by atoms with E-state index in [4.69, 9.17) is 4.74 Å². The highest BCUT2D eigenvalue weighted by molar-refractivity contribution is 5.88. The predicted octanol–water partition coefficient (Wildman–Crippen LogP) is -1.25. The lowest BCUT2D eigenvalue weighted by molar-refractivity contribution is -0.138. The molecular formula is C10H18ClN3O3. The maximum absolute atomic E-state index is 11.9. The second-order valence-corrected chi connectivity index (χ2v) is 4.00. The summed E-state index contributed by atoms with van der Waals surface area (Å²) in [4.78, 5) is 25.1. The molecule has 1 unspecified atom stereocenters. The Morgan fingerprint density at radius 1 is 1.35 bits per heavy atom. The molecule has 1 atom stereocenters. The maximum Gasteiger partial charge on any atom is 0.237 e. The van der Waals surface area contributed by atoms with Crippen molar-refractivity contribution < 1.29 is 14.3 Å². The molecule has 2 heterocycles. The molecule has 2 aliphatic heterocycles. The molecule has 0 aliphatic carbocycles. The summed E-state index contributed by atoms with van der Waals surface area (Å²) in [6, 6.07) is -0.371. The van der Waals surface area contributed by atoms with Crippen molar-refractivity contribution in [2.75, 3.05) is 39.4 Å². The maximum atomic E-state index is 11.9. The van der Waals surface area contributed by atoms with E-state index in [-0.39, 0.29) is 36.7 Å². The van der Waals surface area contributed by atoms with E-state index in [1.807, 2.05) is 0 Å². The highest BCUT2D eigenvalue weighted by atomic mass is 35.5. The minimum atomic E-state index is -0.371. The number of morpholine rings is 1. The Morgan fingerprint density at radius 3 is 2.71 bits per heavy atom. The first-order chi connectivity index (χ1) is 7.77. The van der Waals surface area contributed by atoms with E-state index in [9.17, 15) is 9.59 Å². The Morgan fingerprint density at radius 2 is 2.06 bits per heavy atom. The lowest BCUT2D eigenvalue weighted by Crippen LogP contribution is -2.55. The second kappa shape index (κ2) is 6.78. The summed E-state index contributed by atoms with van der Waals surface area (Å²) in [6.07, 6.45) is 0.242. The van der Waals surface area contributed by atoms with Crippen molar-refractivity contribution >= 4 is 24.2 Å². The van der Waals surface area contributed by atoms with Gasteiger partial charge < -0.3 is 20.3 Å². The van der Waals surface area contributed by atoms with Crippen molar-refractivity contribution in [1.82, 2.24) is 15.5 Å². The summed E-state index contributed by atoms with van der Waals surface area (Å²) in [5.41, 5.74) is 0. The van der Waals surface area contributed by atoms with E-state index in [0.29, 0.717) is 32.8 Å². The summed E-state index contributed by atoms with van der Waals surface area (Å²) in [7, 11) is 0. The predicted molar refractivity (Wildman–Crippen MR) is 64.1 cm³/mol. The van der Waals surface area contributed by atoms with E-state index < -0.39 is 0 Å². The zero-order chi connectivity index (χ0) is 11.4. The molecule has 98 valence electrons. The Hall–Kier alpha value is -0.850. The van der Waals surface area contributed by atoms with Crippen LogP contribution < -0.4 is 10.6 Å². The van der Waals surface area contributed by atoms with Crippen molar-refractivity contribution in [2.24, 2.45) is 0 Å². The molecular weight excluding hydrogens is 246 g/mol. The van der Waals surface area contributed by atoms with Gasteiger partial charge in [-0.05, 0) is 0 Å². The molecule has 6 nitrogen and oxygen atoms in total. The first-order valence-electron chi connectivity index (χ1n) is 5.64. The van der Waals surface area contributed by atoms with E-state index in [1.165, 1.54) is 0 Å². The van der Waals surface area contributed by atoms with Crippen LogP contribution in [0, 0.1) is 0 Å². The number of ether oxygens (including phenoxy) is 1. The number of amides is 2. The third kappa shape index (κ3) is 3.83. The average Bonchev–Trinajstić information content (AvgIpc) is 2.33. The fourth-order valence-electron chi connectivity index (χ4n) is 1.93. The second-order valence-electron chi connectivity index (χ2n) is 4.00. The van der Waals surface area contributed by atoms with Gasteiger partial charge in [-0.2, -0.15) is 0 Å². The largest absolute Gasteiger partial charge is 0.378 e. The standard InChI is InChI=1S/C10H17N3O3.ClH/c14-9(13-3-5-16-6-4-13)7-8-10(15)12-2-1-11-8;/h8,11H,1-7H2,(H,12,15);1H. The molecule has 7 heteroatoms. The van der Waals surface area contributed by atoms with E-state index in [0.717, 1.165) is 6.54 Å². The molecule has 0 saturated carbocycles. The average molecular weight is 264 g/mol. The summed E-state index contributed by atoms with van der Waals surface area (Å²) in [5, 5.41) is 5.79. The van der Waals surface area contributed by atoms with Crippen molar-refractivity contribution in [3.05, 3.63) is 0 Å². The summed E-state index contributed by atoms with van der Waals surface area (Å²) >= 11 is 0. The number of hydrogen-bond acceptors (Lipinski definition) is 4. The highest BCUT2D eigenvalue weighted by Crippen LogP contribution is 2.04. The number of carbonyl (C=O) groups is 2. The van der Waals surface area contributed by atoms with Crippen LogP contribution >= 0.6 is 12.4 Å². The minimum absolute atomic E-state index is 0. The molecule has 17 heavy (non-hydrogen) atoms. The molecule has 2 saturated heterocycles. The van der Waals surface area contributed by atoms with Gasteiger partial charge in [-0.15, -0.1) is 12.4 Å². The van der Waals surface area contributed by atoms with Crippen LogP contribution in [-0.2, 0) is 14.3 Å². The van der Waals surface area contributed by atoms with Gasteiger partial charge in [0.05, 0.1) is 25.7 Å². The smallest absolute Gasteiger partial charge is 0.237 e. The van der Waals surface area contributed by atoms with Gasteiger partial charge >= 0.3 is 0 Å². The summed E-state index contributed by atoms with van der Waals surface area (Å²) < 4.78 is 5.17. The van der Waals surface area contributed by atoms with Crippen LogP contribution in [0.4, 0.5) is 0 Å². The van der Waals surface area contributed by atoms with Crippen LogP contribution in [0.15, 0.2) is 0 Å². The quantitative estimate of drug-likeness (QED) is 0.653. The zero-order valence-corrected chi connectivity index (χ0v) is 10.4. The van der Waals surface area contributed by atoms with E-state index in [1.54, 1.807) is 4.90 Å². The Labute approximate surface area is 106 Å². The van der Waals surface area contributed by atoms with Crippen LogP contribution in [0.25, 0.3) is 0 Å². The molecule has 2 fully saturated rings. The number of rotatable bonds is 2. The molecule has 2 aliphatic rings. The monoisotopic (exact) mass is 263 g/mol. The molecule has 2 amide bonds. The highest BCUT2D eigenvalue weighted by Gasteiger charge is 2.27. The topological polar surface area (TPSA) is 70.7 Å². The molecule has 0 aromatic carbocycles. The lowest BCUT2D eigenvalue weighted by atomic mass is 10.1. The summed E-state index contributed by atoms with van der Waals surface area (Å²) in [6.45, 7) is 3.82. The Kier molecular flexibility index (Phi) is 5.67. The van der Waals surface area contributed by atoms with Gasteiger partial charge in [-0.1, -0.05) is 0 Å². The number of hydrogen-bond donors (Lipinski definition) is 2. The van der Waals surface area contributed by atoms with E-state index in [2.05, 4.69) is 10.6 Å². The van der Waals surface area contributed by atoms with Gasteiger partial charge in [0, 0.05) is 26.2 Å². The van der Waals surface area contributed by atoms with Gasteiger partial charge in [0.25, 0.3) is 0 Å². The molecule has 0 spiro atoms. The normalized spacial score (nSPS) is 24.8. The minimum Gasteiger partial charge on any atom is -0.378 e. The van der Waals surface area contributed by atoms with Crippen LogP contribution in [0.1, 0.15) is 6.42 Å². The fourth-order valence-corrected chi connectivity index (χ4v) is 1.93. The van der Waals surface area contributed by atoms with Crippen molar-refractivity contribution in [3.63, 3.8) is 0 Å². The number of nitrogens with zero attached hydrogens (tertiary/aromatic N) is 1.